The van der Waals surface area contributed by atoms with Gasteiger partial charge in [0, 0.05) is 6.08 Å². The van der Waals surface area contributed by atoms with Crippen molar-refractivity contribution < 1.29 is 14.7 Å². The number of amides is 1. The first-order valence-corrected chi connectivity index (χ1v) is 3.73. The lowest BCUT2D eigenvalue weighted by molar-refractivity contribution is -0.140. The zero-order valence-corrected chi connectivity index (χ0v) is 7.02. The molecule has 1 aliphatic rings. The molecule has 0 radical (unpaired) electrons. The maximum Gasteiger partial charge on any atom is 0.249 e. The number of Topliss-reactive ketones (excluding diaryl/α,β-unsaturated/α-hetero) is 1. The van der Waals surface area contributed by atoms with Gasteiger partial charge >= 0.3 is 0 Å². The molecule has 1 heterocycles. The maximum atomic E-state index is 11.1. The quantitative estimate of drug-likeness (QED) is 0.616. The Labute approximate surface area is 70.5 Å². The molecule has 0 aromatic heterocycles. The normalized spacial score (nSPS) is 24.8. The van der Waals surface area contributed by atoms with Gasteiger partial charge in [0.05, 0.1) is 6.04 Å². The van der Waals surface area contributed by atoms with Gasteiger partial charge in [0.1, 0.15) is 6.23 Å². The summed E-state index contributed by atoms with van der Waals surface area (Å²) in [6.07, 6.45) is 1.68. The van der Waals surface area contributed by atoms with Crippen molar-refractivity contribution in [2.45, 2.75) is 26.1 Å². The average molecular weight is 169 g/mol. The minimum Gasteiger partial charge on any atom is -0.370 e. The van der Waals surface area contributed by atoms with E-state index in [-0.39, 0.29) is 11.7 Å². The highest BCUT2D eigenvalue weighted by Gasteiger charge is 2.30. The SMILES string of the molecule is CC(=O)[C@H](C)N1C(=O)C=CC1O. The molecule has 1 aliphatic heterocycles. The molecule has 0 saturated carbocycles. The summed E-state index contributed by atoms with van der Waals surface area (Å²) in [5.74, 6) is -0.448. The molecule has 0 bridgehead atoms. The molecule has 66 valence electrons. The van der Waals surface area contributed by atoms with Crippen LogP contribution in [0.2, 0.25) is 0 Å². The summed E-state index contributed by atoms with van der Waals surface area (Å²) < 4.78 is 0. The first-order chi connectivity index (χ1) is 5.54. The fraction of sp³-hybridized carbons (Fsp3) is 0.500. The molecule has 1 rings (SSSR count). The maximum absolute atomic E-state index is 11.1. The molecule has 0 aromatic rings. The van der Waals surface area contributed by atoms with E-state index in [2.05, 4.69) is 0 Å². The summed E-state index contributed by atoms with van der Waals surface area (Å²) in [7, 11) is 0. The van der Waals surface area contributed by atoms with E-state index in [1.165, 1.54) is 19.1 Å². The van der Waals surface area contributed by atoms with Crippen LogP contribution >= 0.6 is 0 Å². The summed E-state index contributed by atoms with van der Waals surface area (Å²) in [5, 5.41) is 9.24. The van der Waals surface area contributed by atoms with Gasteiger partial charge in [0.2, 0.25) is 5.91 Å². The van der Waals surface area contributed by atoms with Gasteiger partial charge in [-0.2, -0.15) is 0 Å². The van der Waals surface area contributed by atoms with E-state index in [1.54, 1.807) is 6.92 Å². The minimum atomic E-state index is -0.948. The van der Waals surface area contributed by atoms with Crippen LogP contribution in [0.4, 0.5) is 0 Å². The molecule has 1 N–H and O–H groups in total. The Morgan fingerprint density at radius 2 is 2.33 bits per heavy atom. The van der Waals surface area contributed by atoms with Crippen molar-refractivity contribution in [1.82, 2.24) is 4.90 Å². The fourth-order valence-corrected chi connectivity index (χ4v) is 1.09. The number of hydrogen-bond donors (Lipinski definition) is 1. The molecule has 2 atom stereocenters. The van der Waals surface area contributed by atoms with Crippen LogP contribution in [0.3, 0.4) is 0 Å². The van der Waals surface area contributed by atoms with E-state index in [0.29, 0.717) is 0 Å². The Kier molecular flexibility index (Phi) is 2.28. The molecule has 0 aromatic carbocycles. The van der Waals surface area contributed by atoms with Crippen LogP contribution in [-0.4, -0.2) is 34.0 Å². The van der Waals surface area contributed by atoms with Crippen LogP contribution in [0, 0.1) is 0 Å². The topological polar surface area (TPSA) is 57.6 Å². The van der Waals surface area contributed by atoms with Gasteiger partial charge in [0.25, 0.3) is 0 Å². The van der Waals surface area contributed by atoms with Gasteiger partial charge in [-0.05, 0) is 19.9 Å². The number of hydrogen-bond acceptors (Lipinski definition) is 3. The summed E-state index contributed by atoms with van der Waals surface area (Å²) in [5.41, 5.74) is 0. The highest BCUT2D eigenvalue weighted by atomic mass is 16.3. The van der Waals surface area contributed by atoms with E-state index in [4.69, 9.17) is 0 Å². The van der Waals surface area contributed by atoms with E-state index < -0.39 is 12.3 Å². The molecule has 1 unspecified atom stereocenters. The van der Waals surface area contributed by atoms with Crippen LogP contribution < -0.4 is 0 Å². The Morgan fingerprint density at radius 3 is 2.67 bits per heavy atom. The first-order valence-electron chi connectivity index (χ1n) is 3.73. The van der Waals surface area contributed by atoms with Crippen molar-refractivity contribution in [1.29, 1.82) is 0 Å². The lowest BCUT2D eigenvalue weighted by Crippen LogP contribution is -2.44. The monoisotopic (exact) mass is 169 g/mol. The van der Waals surface area contributed by atoms with Crippen LogP contribution in [-0.2, 0) is 9.59 Å². The number of aliphatic hydroxyl groups excluding tert-OH is 1. The summed E-state index contributed by atoms with van der Waals surface area (Å²) in [4.78, 5) is 23.1. The summed E-state index contributed by atoms with van der Waals surface area (Å²) in [6.45, 7) is 2.99. The van der Waals surface area contributed by atoms with Gasteiger partial charge in [-0.25, -0.2) is 0 Å². The second-order valence-corrected chi connectivity index (χ2v) is 2.80. The number of ketones is 1. The van der Waals surface area contributed by atoms with E-state index in [0.717, 1.165) is 4.90 Å². The van der Waals surface area contributed by atoms with Crippen molar-refractivity contribution >= 4 is 11.7 Å². The molecule has 0 fully saturated rings. The van der Waals surface area contributed by atoms with Crippen molar-refractivity contribution in [2.24, 2.45) is 0 Å². The zero-order valence-electron chi connectivity index (χ0n) is 7.02. The van der Waals surface area contributed by atoms with Crippen LogP contribution in [0.1, 0.15) is 13.8 Å². The molecule has 4 nitrogen and oxygen atoms in total. The smallest absolute Gasteiger partial charge is 0.249 e. The van der Waals surface area contributed by atoms with E-state index >= 15 is 0 Å². The number of nitrogens with zero attached hydrogens (tertiary/aromatic N) is 1. The number of carbonyl (C=O) groups excluding carboxylic acids is 2. The fourth-order valence-electron chi connectivity index (χ4n) is 1.09. The predicted octanol–water partition coefficient (Wildman–Crippen LogP) is -0.319. The van der Waals surface area contributed by atoms with Gasteiger partial charge in [0.15, 0.2) is 5.78 Å². The van der Waals surface area contributed by atoms with Crippen molar-refractivity contribution in [2.75, 3.05) is 0 Å². The number of rotatable bonds is 2. The predicted molar refractivity (Wildman–Crippen MR) is 42.1 cm³/mol. The molecular formula is C8H11NO3. The highest BCUT2D eigenvalue weighted by Crippen LogP contribution is 2.13. The van der Waals surface area contributed by atoms with Crippen molar-refractivity contribution in [3.05, 3.63) is 12.2 Å². The van der Waals surface area contributed by atoms with Gasteiger partial charge in [-0.15, -0.1) is 0 Å². The minimum absolute atomic E-state index is 0.133. The van der Waals surface area contributed by atoms with Crippen LogP contribution in [0.15, 0.2) is 12.2 Å². The highest BCUT2D eigenvalue weighted by molar-refractivity contribution is 5.94. The molecule has 0 aliphatic carbocycles. The Balaban J connectivity index is 2.76. The summed E-state index contributed by atoms with van der Waals surface area (Å²) in [6, 6.07) is -0.553. The van der Waals surface area contributed by atoms with Crippen molar-refractivity contribution in [3.8, 4) is 0 Å². The second kappa shape index (κ2) is 3.06. The number of carbonyl (C=O) groups is 2. The summed E-state index contributed by atoms with van der Waals surface area (Å²) >= 11 is 0. The molecule has 4 heteroatoms. The third-order valence-electron chi connectivity index (χ3n) is 1.96. The molecule has 1 amide bonds. The Hall–Kier alpha value is -1.16. The lowest BCUT2D eigenvalue weighted by atomic mass is 10.2. The zero-order chi connectivity index (χ0) is 9.30. The first kappa shape index (κ1) is 8.93. The van der Waals surface area contributed by atoms with E-state index in [1.807, 2.05) is 0 Å². The van der Waals surface area contributed by atoms with Gasteiger partial charge in [-0.1, -0.05) is 0 Å². The average Bonchev–Trinajstić information content (AvgIpc) is 2.30. The number of aliphatic hydroxyl groups is 1. The lowest BCUT2D eigenvalue weighted by Gasteiger charge is -2.25. The second-order valence-electron chi connectivity index (χ2n) is 2.80. The molecule has 12 heavy (non-hydrogen) atoms. The molecule has 0 spiro atoms. The van der Waals surface area contributed by atoms with Gasteiger partial charge in [-0.3, -0.25) is 9.59 Å². The third-order valence-corrected chi connectivity index (χ3v) is 1.96. The Morgan fingerprint density at radius 1 is 1.75 bits per heavy atom. The largest absolute Gasteiger partial charge is 0.370 e. The van der Waals surface area contributed by atoms with Crippen LogP contribution in [0.25, 0.3) is 0 Å². The Bertz CT molecular complexity index is 247. The molecule has 0 saturated heterocycles. The van der Waals surface area contributed by atoms with E-state index in [9.17, 15) is 14.7 Å². The van der Waals surface area contributed by atoms with Crippen LogP contribution in [0.5, 0.6) is 0 Å². The van der Waals surface area contributed by atoms with Gasteiger partial charge < -0.3 is 10.0 Å². The standard InChI is InChI=1S/C8H11NO3/c1-5(6(2)10)9-7(11)3-4-8(9)12/h3-5,7,11H,1-2H3/t5-,7?/m0/s1. The third kappa shape index (κ3) is 1.38. The van der Waals surface area contributed by atoms with Crippen molar-refractivity contribution in [3.63, 3.8) is 0 Å². The molecular weight excluding hydrogens is 158 g/mol.